The Labute approximate surface area is 226 Å². The van der Waals surface area contributed by atoms with Gasteiger partial charge in [0.25, 0.3) is 0 Å². The van der Waals surface area contributed by atoms with Crippen molar-refractivity contribution in [1.29, 1.82) is 0 Å². The van der Waals surface area contributed by atoms with Crippen LogP contribution in [0.2, 0.25) is 5.02 Å². The maximum Gasteiger partial charge on any atom is 0.170 e. The van der Waals surface area contributed by atoms with Crippen LogP contribution in [0.4, 0.5) is 0 Å². The van der Waals surface area contributed by atoms with Crippen LogP contribution in [0.5, 0.6) is 5.75 Å². The van der Waals surface area contributed by atoms with Gasteiger partial charge < -0.3 is 4.74 Å². The number of unbranched alkanes of at least 4 members (excludes halogenated alkanes) is 1. The number of nitrogens with one attached hydrogen (secondary N) is 1. The Hall–Kier alpha value is -2.92. The van der Waals surface area contributed by atoms with E-state index in [1.54, 1.807) is 0 Å². The van der Waals surface area contributed by atoms with Crippen LogP contribution in [0.15, 0.2) is 42.7 Å². The van der Waals surface area contributed by atoms with Crippen molar-refractivity contribution in [3.05, 3.63) is 70.1 Å². The molecule has 0 aliphatic carbocycles. The van der Waals surface area contributed by atoms with Gasteiger partial charge in [-0.2, -0.15) is 5.10 Å². The number of rotatable bonds is 8. The third-order valence-electron chi connectivity index (χ3n) is 7.07. The normalized spacial score (nSPS) is 15.8. The van der Waals surface area contributed by atoms with Gasteiger partial charge in [0.2, 0.25) is 0 Å². The Morgan fingerprint density at radius 3 is 2.59 bits per heavy atom. The fraction of sp³-hybridized carbons (Fsp3) is 0.452. The Morgan fingerprint density at radius 1 is 1.19 bits per heavy atom. The number of halogens is 1. The van der Waals surface area contributed by atoms with E-state index >= 15 is 0 Å². The van der Waals surface area contributed by atoms with Crippen LogP contribution in [0.3, 0.4) is 0 Å². The van der Waals surface area contributed by atoms with Gasteiger partial charge in [-0.1, -0.05) is 65.1 Å². The topological polar surface area (TPSA) is 67.9 Å². The minimum absolute atomic E-state index is 0.0831. The number of allylic oxidation sites excluding steroid dienone is 2. The Balaban J connectivity index is 0.000000886. The van der Waals surface area contributed by atoms with Crippen LogP contribution in [0.1, 0.15) is 89.1 Å². The largest absolute Gasteiger partial charge is 0.493 e. The Bertz CT molecular complexity index is 1230. The quantitative estimate of drug-likeness (QED) is 0.303. The fourth-order valence-corrected chi connectivity index (χ4v) is 4.65. The van der Waals surface area contributed by atoms with Crippen LogP contribution >= 0.6 is 11.6 Å². The SMILES string of the molecule is C/C=C(/C(=O)C1COc2ccc(Cl)cc2C1)c1cnc(-c2cn[nH]c2CC)cc1C(C)CC.CCCC. The molecule has 198 valence electrons. The molecule has 0 saturated heterocycles. The first-order chi connectivity index (χ1) is 17.9. The van der Waals surface area contributed by atoms with Crippen molar-refractivity contribution in [2.24, 2.45) is 5.92 Å². The number of pyridine rings is 1. The standard InChI is InChI=1S/C27H30ClN3O2.C4H10/c1-5-16(4)21-12-25(23-14-30-31-24(23)7-3)29-13-22(21)20(6-2)27(32)18-10-17-11-19(28)8-9-26(17)33-15-18;1-3-4-2/h6,8-9,11-14,16,18H,5,7,10,15H2,1-4H3,(H,30,31);3-4H2,1-2H3/b20-6+;. The van der Waals surface area contributed by atoms with Crippen molar-refractivity contribution >= 4 is 23.0 Å². The number of benzene rings is 1. The number of ketones is 1. The molecule has 2 atom stereocenters. The van der Waals surface area contributed by atoms with E-state index in [-0.39, 0.29) is 17.6 Å². The highest BCUT2D eigenvalue weighted by molar-refractivity contribution is 6.30. The van der Waals surface area contributed by atoms with Gasteiger partial charge in [-0.05, 0) is 67.5 Å². The second-order valence-electron chi connectivity index (χ2n) is 9.61. The predicted molar refractivity (Wildman–Crippen MR) is 153 cm³/mol. The number of ether oxygens (including phenoxy) is 1. The van der Waals surface area contributed by atoms with Gasteiger partial charge in [-0.25, -0.2) is 0 Å². The van der Waals surface area contributed by atoms with E-state index in [0.29, 0.717) is 23.6 Å². The van der Waals surface area contributed by atoms with Crippen LogP contribution in [-0.4, -0.2) is 27.6 Å². The number of aromatic amines is 1. The number of fused-ring (bicyclic) bond motifs is 1. The molecule has 2 aromatic heterocycles. The molecule has 3 heterocycles. The van der Waals surface area contributed by atoms with E-state index in [9.17, 15) is 4.79 Å². The van der Waals surface area contributed by atoms with E-state index in [4.69, 9.17) is 21.3 Å². The smallest absolute Gasteiger partial charge is 0.170 e. The van der Waals surface area contributed by atoms with Gasteiger partial charge in [0.05, 0.1) is 24.4 Å². The molecule has 1 aromatic carbocycles. The second kappa shape index (κ2) is 13.6. The van der Waals surface area contributed by atoms with E-state index in [1.165, 1.54) is 12.8 Å². The molecular weight excluding hydrogens is 482 g/mol. The van der Waals surface area contributed by atoms with E-state index in [2.05, 4.69) is 50.9 Å². The number of H-pyrrole nitrogens is 1. The molecule has 3 aromatic rings. The summed E-state index contributed by atoms with van der Waals surface area (Å²) in [5, 5.41) is 7.91. The zero-order chi connectivity index (χ0) is 26.9. The lowest BCUT2D eigenvalue weighted by molar-refractivity contribution is -0.118. The highest BCUT2D eigenvalue weighted by Crippen LogP contribution is 2.36. The summed E-state index contributed by atoms with van der Waals surface area (Å²) in [6.07, 6.45) is 10.7. The molecule has 4 rings (SSSR count). The van der Waals surface area contributed by atoms with Crippen LogP contribution in [-0.2, 0) is 17.6 Å². The molecule has 0 saturated carbocycles. The van der Waals surface area contributed by atoms with Gasteiger partial charge >= 0.3 is 0 Å². The Morgan fingerprint density at radius 2 is 1.95 bits per heavy atom. The molecule has 0 spiro atoms. The number of aryl methyl sites for hydroxylation is 1. The number of hydrogen-bond acceptors (Lipinski definition) is 4. The molecule has 0 bridgehead atoms. The van der Waals surface area contributed by atoms with Crippen LogP contribution < -0.4 is 4.74 Å². The van der Waals surface area contributed by atoms with E-state index in [0.717, 1.165) is 52.2 Å². The summed E-state index contributed by atoms with van der Waals surface area (Å²) < 4.78 is 5.90. The first-order valence-corrected chi connectivity index (χ1v) is 13.9. The number of nitrogens with zero attached hydrogens (tertiary/aromatic N) is 2. The van der Waals surface area contributed by atoms with Crippen molar-refractivity contribution in [3.8, 4) is 17.0 Å². The number of carbonyl (C=O) groups excluding carboxylic acids is 1. The minimum Gasteiger partial charge on any atom is -0.493 e. The van der Waals surface area contributed by atoms with Crippen molar-refractivity contribution in [2.45, 2.75) is 79.6 Å². The molecule has 0 radical (unpaired) electrons. The number of hydrogen-bond donors (Lipinski definition) is 1. The maximum atomic E-state index is 13.7. The monoisotopic (exact) mass is 521 g/mol. The van der Waals surface area contributed by atoms with Crippen molar-refractivity contribution in [2.75, 3.05) is 6.61 Å². The van der Waals surface area contributed by atoms with Gasteiger partial charge in [0.1, 0.15) is 5.75 Å². The number of aromatic nitrogens is 3. The van der Waals surface area contributed by atoms with Crippen LogP contribution in [0, 0.1) is 5.92 Å². The number of carbonyl (C=O) groups is 1. The predicted octanol–water partition coefficient (Wildman–Crippen LogP) is 8.23. The summed E-state index contributed by atoms with van der Waals surface area (Å²) >= 11 is 6.17. The molecule has 1 N–H and O–H groups in total. The molecule has 5 nitrogen and oxygen atoms in total. The molecular formula is C31H40ClN3O2. The van der Waals surface area contributed by atoms with Crippen LogP contribution in [0.25, 0.3) is 16.8 Å². The summed E-state index contributed by atoms with van der Waals surface area (Å²) in [6.45, 7) is 13.1. The highest BCUT2D eigenvalue weighted by atomic mass is 35.5. The minimum atomic E-state index is -0.257. The summed E-state index contributed by atoms with van der Waals surface area (Å²) in [6, 6.07) is 7.70. The second-order valence-corrected chi connectivity index (χ2v) is 10.0. The van der Waals surface area contributed by atoms with E-state index in [1.807, 2.05) is 43.6 Å². The fourth-order valence-electron chi connectivity index (χ4n) is 4.46. The summed E-state index contributed by atoms with van der Waals surface area (Å²) in [5.41, 5.74) is 6.66. The molecule has 0 fully saturated rings. The van der Waals surface area contributed by atoms with Crippen molar-refractivity contribution in [1.82, 2.24) is 15.2 Å². The van der Waals surface area contributed by atoms with Gasteiger partial charge in [0, 0.05) is 33.6 Å². The lowest BCUT2D eigenvalue weighted by Crippen LogP contribution is -2.29. The summed E-state index contributed by atoms with van der Waals surface area (Å²) in [7, 11) is 0. The molecule has 1 aliphatic rings. The average molecular weight is 522 g/mol. The Kier molecular flexibility index (Phi) is 10.5. The zero-order valence-corrected chi connectivity index (χ0v) is 23.8. The van der Waals surface area contributed by atoms with E-state index < -0.39 is 0 Å². The lowest BCUT2D eigenvalue weighted by atomic mass is 9.83. The lowest BCUT2D eigenvalue weighted by Gasteiger charge is -2.26. The van der Waals surface area contributed by atoms with Crippen molar-refractivity contribution < 1.29 is 9.53 Å². The van der Waals surface area contributed by atoms with Crippen molar-refractivity contribution in [3.63, 3.8) is 0 Å². The maximum absolute atomic E-state index is 13.7. The highest BCUT2D eigenvalue weighted by Gasteiger charge is 2.30. The molecule has 1 aliphatic heterocycles. The molecule has 6 heteroatoms. The molecule has 37 heavy (non-hydrogen) atoms. The molecule has 2 unspecified atom stereocenters. The number of Topliss-reactive ketones (excluding diaryl/α,β-unsaturated/α-hetero) is 1. The summed E-state index contributed by atoms with van der Waals surface area (Å²) in [4.78, 5) is 18.4. The summed E-state index contributed by atoms with van der Waals surface area (Å²) in [5.74, 6) is 0.916. The first kappa shape index (κ1) is 28.6. The third kappa shape index (κ3) is 6.70. The van der Waals surface area contributed by atoms with Gasteiger partial charge in [0.15, 0.2) is 5.78 Å². The zero-order valence-electron chi connectivity index (χ0n) is 23.0. The van der Waals surface area contributed by atoms with Gasteiger partial charge in [-0.15, -0.1) is 0 Å². The molecule has 0 amide bonds. The average Bonchev–Trinajstić information content (AvgIpc) is 3.41. The first-order valence-electron chi connectivity index (χ1n) is 13.5. The third-order valence-corrected chi connectivity index (χ3v) is 7.31. The van der Waals surface area contributed by atoms with Gasteiger partial charge in [-0.3, -0.25) is 14.9 Å².